The van der Waals surface area contributed by atoms with Crippen LogP contribution in [0.15, 0.2) is 59.7 Å². The van der Waals surface area contributed by atoms with Crippen LogP contribution in [-0.2, 0) is 0 Å². The van der Waals surface area contributed by atoms with E-state index < -0.39 is 0 Å². The molecule has 2 rings (SSSR count). The minimum atomic E-state index is 0.170. The standard InChI is InChI=1S/C14H14N2/c1-12(13-7-3-2-4-8-13)16-11-14-9-5-6-10-15-14/h2-12H,1H3/t12-/m1/s1. The normalized spacial score (nSPS) is 12.8. The maximum Gasteiger partial charge on any atom is 0.0808 e. The van der Waals surface area contributed by atoms with Crippen LogP contribution in [0, 0.1) is 0 Å². The van der Waals surface area contributed by atoms with Crippen molar-refractivity contribution in [3.05, 3.63) is 66.0 Å². The van der Waals surface area contributed by atoms with E-state index in [-0.39, 0.29) is 6.04 Å². The Morgan fingerprint density at radius 3 is 2.50 bits per heavy atom. The molecule has 1 atom stereocenters. The van der Waals surface area contributed by atoms with Crippen LogP contribution in [0.4, 0.5) is 0 Å². The Balaban J connectivity index is 2.08. The van der Waals surface area contributed by atoms with E-state index in [1.807, 2.05) is 42.6 Å². The number of benzene rings is 1. The van der Waals surface area contributed by atoms with E-state index in [1.54, 1.807) is 6.20 Å². The van der Waals surface area contributed by atoms with Crippen molar-refractivity contribution in [2.24, 2.45) is 4.99 Å². The van der Waals surface area contributed by atoms with Crippen LogP contribution in [0.3, 0.4) is 0 Å². The predicted octanol–water partition coefficient (Wildman–Crippen LogP) is 3.26. The van der Waals surface area contributed by atoms with Crippen molar-refractivity contribution in [1.29, 1.82) is 0 Å². The molecule has 0 aliphatic carbocycles. The number of pyridine rings is 1. The highest BCUT2D eigenvalue weighted by Crippen LogP contribution is 2.15. The van der Waals surface area contributed by atoms with Gasteiger partial charge in [0.2, 0.25) is 0 Å². The van der Waals surface area contributed by atoms with E-state index in [9.17, 15) is 0 Å². The van der Waals surface area contributed by atoms with Crippen molar-refractivity contribution in [3.63, 3.8) is 0 Å². The van der Waals surface area contributed by atoms with Gasteiger partial charge in [-0.15, -0.1) is 0 Å². The number of aliphatic imine (C=N–C) groups is 1. The molecule has 2 heteroatoms. The highest BCUT2D eigenvalue weighted by molar-refractivity contribution is 5.76. The zero-order chi connectivity index (χ0) is 11.2. The van der Waals surface area contributed by atoms with E-state index in [0.717, 1.165) is 5.69 Å². The molecule has 0 spiro atoms. The van der Waals surface area contributed by atoms with Crippen LogP contribution in [0.1, 0.15) is 24.2 Å². The van der Waals surface area contributed by atoms with Crippen molar-refractivity contribution < 1.29 is 0 Å². The van der Waals surface area contributed by atoms with Gasteiger partial charge >= 0.3 is 0 Å². The highest BCUT2D eigenvalue weighted by atomic mass is 14.8. The van der Waals surface area contributed by atoms with Gasteiger partial charge in [0.25, 0.3) is 0 Å². The molecular weight excluding hydrogens is 196 g/mol. The van der Waals surface area contributed by atoms with E-state index in [4.69, 9.17) is 0 Å². The minimum Gasteiger partial charge on any atom is -0.283 e. The Labute approximate surface area is 95.7 Å². The molecular formula is C14H14N2. The molecule has 0 saturated carbocycles. The summed E-state index contributed by atoms with van der Waals surface area (Å²) in [5.74, 6) is 0. The molecule has 1 aromatic carbocycles. The number of hydrogen-bond acceptors (Lipinski definition) is 2. The summed E-state index contributed by atoms with van der Waals surface area (Å²) in [7, 11) is 0. The first-order valence-corrected chi connectivity index (χ1v) is 5.35. The summed E-state index contributed by atoms with van der Waals surface area (Å²) in [5.41, 5.74) is 2.11. The monoisotopic (exact) mass is 210 g/mol. The molecule has 0 radical (unpaired) electrons. The minimum absolute atomic E-state index is 0.170. The molecule has 0 amide bonds. The second kappa shape index (κ2) is 5.21. The third-order valence-electron chi connectivity index (χ3n) is 2.40. The van der Waals surface area contributed by atoms with Gasteiger partial charge in [-0.3, -0.25) is 9.98 Å². The van der Waals surface area contributed by atoms with Crippen molar-refractivity contribution in [1.82, 2.24) is 4.98 Å². The molecule has 2 aromatic rings. The Morgan fingerprint density at radius 1 is 1.06 bits per heavy atom. The third-order valence-corrected chi connectivity index (χ3v) is 2.40. The van der Waals surface area contributed by atoms with E-state index in [1.165, 1.54) is 5.56 Å². The zero-order valence-corrected chi connectivity index (χ0v) is 9.25. The van der Waals surface area contributed by atoms with Gasteiger partial charge < -0.3 is 0 Å². The summed E-state index contributed by atoms with van der Waals surface area (Å²) in [6.45, 7) is 2.08. The number of rotatable bonds is 3. The number of hydrogen-bond donors (Lipinski definition) is 0. The summed E-state index contributed by atoms with van der Waals surface area (Å²) in [6.07, 6.45) is 3.59. The van der Waals surface area contributed by atoms with Gasteiger partial charge in [-0.05, 0) is 24.6 Å². The molecule has 2 nitrogen and oxygen atoms in total. The molecule has 0 aliphatic heterocycles. The van der Waals surface area contributed by atoms with E-state index >= 15 is 0 Å². The summed E-state index contributed by atoms with van der Waals surface area (Å²) in [4.78, 5) is 8.67. The van der Waals surface area contributed by atoms with Gasteiger partial charge in [0, 0.05) is 12.4 Å². The SMILES string of the molecule is C[C@@H](N=Cc1ccccn1)c1ccccc1. The summed E-state index contributed by atoms with van der Waals surface area (Å²) in [5, 5.41) is 0. The first-order chi connectivity index (χ1) is 7.86. The van der Waals surface area contributed by atoms with Gasteiger partial charge in [-0.25, -0.2) is 0 Å². The van der Waals surface area contributed by atoms with E-state index in [2.05, 4.69) is 29.0 Å². The lowest BCUT2D eigenvalue weighted by Crippen LogP contribution is -1.91. The first kappa shape index (κ1) is 10.6. The van der Waals surface area contributed by atoms with Gasteiger partial charge in [-0.1, -0.05) is 36.4 Å². The Hall–Kier alpha value is -1.96. The molecule has 0 saturated heterocycles. The van der Waals surface area contributed by atoms with Crippen LogP contribution in [0.25, 0.3) is 0 Å². The van der Waals surface area contributed by atoms with Crippen molar-refractivity contribution in [2.75, 3.05) is 0 Å². The van der Waals surface area contributed by atoms with Crippen LogP contribution in [0.5, 0.6) is 0 Å². The maximum absolute atomic E-state index is 4.48. The Kier molecular flexibility index (Phi) is 3.44. The van der Waals surface area contributed by atoms with Crippen molar-refractivity contribution >= 4 is 6.21 Å². The molecule has 0 fully saturated rings. The van der Waals surface area contributed by atoms with Crippen LogP contribution >= 0.6 is 0 Å². The molecule has 0 bridgehead atoms. The van der Waals surface area contributed by atoms with Gasteiger partial charge in [0.15, 0.2) is 0 Å². The van der Waals surface area contributed by atoms with Crippen molar-refractivity contribution in [3.8, 4) is 0 Å². The molecule has 0 aliphatic rings. The topological polar surface area (TPSA) is 25.2 Å². The van der Waals surface area contributed by atoms with Gasteiger partial charge in [0.05, 0.1) is 11.7 Å². The molecule has 0 N–H and O–H groups in total. The second-order valence-electron chi connectivity index (χ2n) is 3.62. The average Bonchev–Trinajstić information content (AvgIpc) is 2.38. The van der Waals surface area contributed by atoms with E-state index in [0.29, 0.717) is 0 Å². The molecule has 80 valence electrons. The van der Waals surface area contributed by atoms with Gasteiger partial charge in [-0.2, -0.15) is 0 Å². The lowest BCUT2D eigenvalue weighted by molar-refractivity contribution is 0.824. The average molecular weight is 210 g/mol. The summed E-state index contributed by atoms with van der Waals surface area (Å²) < 4.78 is 0. The quantitative estimate of drug-likeness (QED) is 0.714. The fourth-order valence-corrected chi connectivity index (χ4v) is 1.46. The predicted molar refractivity (Wildman–Crippen MR) is 66.7 cm³/mol. The molecule has 1 heterocycles. The van der Waals surface area contributed by atoms with Crippen LogP contribution in [-0.4, -0.2) is 11.2 Å². The Bertz CT molecular complexity index is 449. The van der Waals surface area contributed by atoms with Crippen LogP contribution in [0.2, 0.25) is 0 Å². The first-order valence-electron chi connectivity index (χ1n) is 5.35. The lowest BCUT2D eigenvalue weighted by Gasteiger charge is -2.05. The lowest BCUT2D eigenvalue weighted by atomic mass is 10.1. The highest BCUT2D eigenvalue weighted by Gasteiger charge is 2.00. The largest absolute Gasteiger partial charge is 0.283 e. The smallest absolute Gasteiger partial charge is 0.0808 e. The zero-order valence-electron chi connectivity index (χ0n) is 9.25. The van der Waals surface area contributed by atoms with Gasteiger partial charge in [0.1, 0.15) is 0 Å². The second-order valence-corrected chi connectivity index (χ2v) is 3.62. The number of aromatic nitrogens is 1. The Morgan fingerprint density at radius 2 is 1.81 bits per heavy atom. The van der Waals surface area contributed by atoms with Crippen molar-refractivity contribution in [2.45, 2.75) is 13.0 Å². The molecule has 0 unspecified atom stereocenters. The summed E-state index contributed by atoms with van der Waals surface area (Å²) >= 11 is 0. The third kappa shape index (κ3) is 2.76. The summed E-state index contributed by atoms with van der Waals surface area (Å²) in [6, 6.07) is 16.2. The number of nitrogens with zero attached hydrogens (tertiary/aromatic N) is 2. The fourth-order valence-electron chi connectivity index (χ4n) is 1.46. The molecule has 16 heavy (non-hydrogen) atoms. The van der Waals surface area contributed by atoms with Crippen LogP contribution < -0.4 is 0 Å². The maximum atomic E-state index is 4.48. The fraction of sp³-hybridized carbons (Fsp3) is 0.143. The molecule has 1 aromatic heterocycles.